The maximum absolute atomic E-state index is 11.9. The molecule has 1 saturated heterocycles. The first-order valence-electron chi connectivity index (χ1n) is 5.99. The fourth-order valence-corrected chi connectivity index (χ4v) is 2.03. The number of aliphatic carboxylic acids is 1. The zero-order valence-corrected chi connectivity index (χ0v) is 11.6. The van der Waals surface area contributed by atoms with Crippen LogP contribution in [0.5, 0.6) is 0 Å². The Bertz CT molecular complexity index is 335. The Morgan fingerprint density at radius 2 is 1.83 bits per heavy atom. The third-order valence-corrected chi connectivity index (χ3v) is 2.92. The van der Waals surface area contributed by atoms with E-state index in [0.29, 0.717) is 6.54 Å². The fourth-order valence-electron chi connectivity index (χ4n) is 2.03. The van der Waals surface area contributed by atoms with Crippen molar-refractivity contribution in [3.05, 3.63) is 0 Å². The van der Waals surface area contributed by atoms with E-state index in [1.807, 2.05) is 19.0 Å². The quantitative estimate of drug-likeness (QED) is 0.795. The van der Waals surface area contributed by atoms with E-state index in [9.17, 15) is 9.59 Å². The first-order valence-corrected chi connectivity index (χ1v) is 5.99. The lowest BCUT2D eigenvalue weighted by molar-refractivity contribution is -0.142. The molecule has 0 aromatic rings. The molecule has 6 heteroatoms. The van der Waals surface area contributed by atoms with Crippen molar-refractivity contribution >= 4 is 12.1 Å². The maximum atomic E-state index is 11.9. The average molecular weight is 258 g/mol. The summed E-state index contributed by atoms with van der Waals surface area (Å²) >= 11 is 0. The fraction of sp³-hybridized carbons (Fsp3) is 0.833. The molecule has 1 fully saturated rings. The molecule has 1 aliphatic rings. The van der Waals surface area contributed by atoms with Crippen LogP contribution in [0.15, 0.2) is 0 Å². The smallest absolute Gasteiger partial charge is 0.410 e. The van der Waals surface area contributed by atoms with Crippen LogP contribution in [-0.4, -0.2) is 65.8 Å². The summed E-state index contributed by atoms with van der Waals surface area (Å²) in [6.07, 6.45) is -0.446. The lowest BCUT2D eigenvalue weighted by atomic mass is 10.0. The SMILES string of the molecule is CN(C)C1CN(C(=O)OC(C)(C)C)CC1C(=O)O. The Kier molecular flexibility index (Phi) is 4.21. The van der Waals surface area contributed by atoms with Gasteiger partial charge in [0, 0.05) is 19.1 Å². The minimum absolute atomic E-state index is 0.171. The molecule has 0 bridgehead atoms. The molecule has 18 heavy (non-hydrogen) atoms. The molecule has 2 unspecified atom stereocenters. The van der Waals surface area contributed by atoms with E-state index in [0.717, 1.165) is 0 Å². The monoisotopic (exact) mass is 258 g/mol. The number of carboxylic acids is 1. The third kappa shape index (κ3) is 3.60. The van der Waals surface area contributed by atoms with Crippen molar-refractivity contribution in [2.45, 2.75) is 32.4 Å². The van der Waals surface area contributed by atoms with Crippen LogP contribution in [-0.2, 0) is 9.53 Å². The average Bonchev–Trinajstić information content (AvgIpc) is 2.58. The van der Waals surface area contributed by atoms with Crippen LogP contribution in [0.3, 0.4) is 0 Å². The zero-order valence-electron chi connectivity index (χ0n) is 11.6. The second-order valence-corrected chi connectivity index (χ2v) is 5.86. The van der Waals surface area contributed by atoms with E-state index in [1.165, 1.54) is 4.90 Å². The predicted octanol–water partition coefficient (Wildman–Crippen LogP) is 0.868. The van der Waals surface area contributed by atoms with Gasteiger partial charge in [-0.2, -0.15) is 0 Å². The van der Waals surface area contributed by atoms with E-state index in [1.54, 1.807) is 20.8 Å². The van der Waals surface area contributed by atoms with Crippen LogP contribution < -0.4 is 0 Å². The minimum atomic E-state index is -0.875. The first-order chi connectivity index (χ1) is 8.11. The highest BCUT2D eigenvalue weighted by Gasteiger charge is 2.42. The molecule has 1 rings (SSSR count). The van der Waals surface area contributed by atoms with Crippen molar-refractivity contribution in [1.29, 1.82) is 0 Å². The summed E-state index contributed by atoms with van der Waals surface area (Å²) in [6, 6.07) is -0.171. The largest absolute Gasteiger partial charge is 0.481 e. The summed E-state index contributed by atoms with van der Waals surface area (Å²) in [5.41, 5.74) is -0.563. The van der Waals surface area contributed by atoms with Gasteiger partial charge in [0.1, 0.15) is 5.60 Å². The number of carbonyl (C=O) groups excluding carboxylic acids is 1. The van der Waals surface area contributed by atoms with Gasteiger partial charge in [-0.25, -0.2) is 4.79 Å². The Labute approximate surface area is 107 Å². The molecule has 0 aliphatic carbocycles. The van der Waals surface area contributed by atoms with Crippen LogP contribution in [0.1, 0.15) is 20.8 Å². The van der Waals surface area contributed by atoms with Gasteiger partial charge >= 0.3 is 12.1 Å². The Hall–Kier alpha value is -1.30. The van der Waals surface area contributed by atoms with Crippen molar-refractivity contribution in [2.24, 2.45) is 5.92 Å². The molecule has 1 aliphatic heterocycles. The van der Waals surface area contributed by atoms with Crippen LogP contribution in [0.4, 0.5) is 4.79 Å². The van der Waals surface area contributed by atoms with Crippen molar-refractivity contribution in [1.82, 2.24) is 9.80 Å². The topological polar surface area (TPSA) is 70.1 Å². The maximum Gasteiger partial charge on any atom is 0.410 e. The normalized spacial score (nSPS) is 24.4. The van der Waals surface area contributed by atoms with E-state index < -0.39 is 23.6 Å². The number of carboxylic acid groups (broad SMARTS) is 1. The number of amides is 1. The Morgan fingerprint density at radius 3 is 2.17 bits per heavy atom. The number of rotatable bonds is 2. The van der Waals surface area contributed by atoms with Gasteiger partial charge in [-0.05, 0) is 34.9 Å². The second-order valence-electron chi connectivity index (χ2n) is 5.86. The van der Waals surface area contributed by atoms with Gasteiger partial charge in [-0.15, -0.1) is 0 Å². The van der Waals surface area contributed by atoms with Crippen LogP contribution in [0.2, 0.25) is 0 Å². The number of carbonyl (C=O) groups is 2. The van der Waals surface area contributed by atoms with Crippen LogP contribution in [0, 0.1) is 5.92 Å². The highest BCUT2D eigenvalue weighted by atomic mass is 16.6. The van der Waals surface area contributed by atoms with Gasteiger partial charge in [0.15, 0.2) is 0 Å². The molecule has 1 amide bonds. The summed E-state index contributed by atoms with van der Waals surface area (Å²) in [4.78, 5) is 26.4. The minimum Gasteiger partial charge on any atom is -0.481 e. The van der Waals surface area contributed by atoms with E-state index in [4.69, 9.17) is 9.84 Å². The summed E-state index contributed by atoms with van der Waals surface area (Å²) in [7, 11) is 3.64. The van der Waals surface area contributed by atoms with Gasteiger partial charge < -0.3 is 19.6 Å². The summed E-state index contributed by atoms with van der Waals surface area (Å²) < 4.78 is 5.25. The molecule has 0 aromatic carbocycles. The second kappa shape index (κ2) is 5.14. The van der Waals surface area contributed by atoms with Crippen molar-refractivity contribution in [3.63, 3.8) is 0 Å². The summed E-state index contributed by atoms with van der Waals surface area (Å²) in [5.74, 6) is -1.44. The molecule has 0 saturated carbocycles. The van der Waals surface area contributed by atoms with Crippen LogP contribution >= 0.6 is 0 Å². The third-order valence-electron chi connectivity index (χ3n) is 2.92. The molecular weight excluding hydrogens is 236 g/mol. The number of hydrogen-bond donors (Lipinski definition) is 1. The van der Waals surface area contributed by atoms with Gasteiger partial charge in [-0.3, -0.25) is 4.79 Å². The molecule has 0 spiro atoms. The standard InChI is InChI=1S/C12H22N2O4/c1-12(2,3)18-11(17)14-6-8(10(15)16)9(7-14)13(4)5/h8-9H,6-7H2,1-5H3,(H,15,16). The lowest BCUT2D eigenvalue weighted by Gasteiger charge is -2.25. The lowest BCUT2D eigenvalue weighted by Crippen LogP contribution is -2.39. The molecule has 0 radical (unpaired) electrons. The van der Waals surface area contributed by atoms with Crippen molar-refractivity contribution in [2.75, 3.05) is 27.2 Å². The number of likely N-dealkylation sites (N-methyl/N-ethyl adjacent to an activating group) is 1. The van der Waals surface area contributed by atoms with E-state index in [-0.39, 0.29) is 12.6 Å². The number of likely N-dealkylation sites (tertiary alicyclic amines) is 1. The van der Waals surface area contributed by atoms with Gasteiger partial charge in [0.2, 0.25) is 0 Å². The predicted molar refractivity (Wildman–Crippen MR) is 66.4 cm³/mol. The van der Waals surface area contributed by atoms with Gasteiger partial charge in [0.25, 0.3) is 0 Å². The first kappa shape index (κ1) is 14.8. The highest BCUT2D eigenvalue weighted by molar-refractivity contribution is 5.75. The molecule has 2 atom stereocenters. The van der Waals surface area contributed by atoms with Gasteiger partial charge in [-0.1, -0.05) is 0 Å². The van der Waals surface area contributed by atoms with Crippen LogP contribution in [0.25, 0.3) is 0 Å². The number of nitrogens with zero attached hydrogens (tertiary/aromatic N) is 2. The van der Waals surface area contributed by atoms with E-state index >= 15 is 0 Å². The highest BCUT2D eigenvalue weighted by Crippen LogP contribution is 2.23. The van der Waals surface area contributed by atoms with Crippen molar-refractivity contribution < 1.29 is 19.4 Å². The molecule has 1 N–H and O–H groups in total. The van der Waals surface area contributed by atoms with E-state index in [2.05, 4.69) is 0 Å². The van der Waals surface area contributed by atoms with Gasteiger partial charge in [0.05, 0.1) is 5.92 Å². The molecule has 0 aromatic heterocycles. The summed E-state index contributed by atoms with van der Waals surface area (Å²) in [6.45, 7) is 5.96. The summed E-state index contributed by atoms with van der Waals surface area (Å²) in [5, 5.41) is 9.16. The number of hydrogen-bond acceptors (Lipinski definition) is 4. The number of ether oxygens (including phenoxy) is 1. The Balaban J connectivity index is 2.72. The molecule has 104 valence electrons. The van der Waals surface area contributed by atoms with Crippen molar-refractivity contribution in [3.8, 4) is 0 Å². The molecule has 6 nitrogen and oxygen atoms in total. The Morgan fingerprint density at radius 1 is 1.28 bits per heavy atom. The zero-order chi connectivity index (χ0) is 14.1. The molecular formula is C12H22N2O4. The molecule has 1 heterocycles.